The van der Waals surface area contributed by atoms with Gasteiger partial charge in [-0.2, -0.15) is 0 Å². The van der Waals surface area contributed by atoms with Crippen molar-refractivity contribution >= 4 is 5.97 Å². The van der Waals surface area contributed by atoms with Crippen LogP contribution in [0.5, 0.6) is 0 Å². The van der Waals surface area contributed by atoms with E-state index in [2.05, 4.69) is 25.7 Å². The zero-order chi connectivity index (χ0) is 19.1. The largest absolute Gasteiger partial charge is 0.459 e. The first-order valence-corrected chi connectivity index (χ1v) is 9.79. The number of hydrogen-bond acceptors (Lipinski definition) is 5. The Morgan fingerprint density at radius 1 is 1.35 bits per heavy atom. The summed E-state index contributed by atoms with van der Waals surface area (Å²) in [7, 11) is 1.95. The summed E-state index contributed by atoms with van der Waals surface area (Å²) in [5, 5.41) is 24.0. The SMILES string of the molecule is C=C1CCC2[C@](C)(CNC)[C@H](O)CC[C@]2(C)[C@@H]1C/C=C1/C(=O)OC[C@H]1O. The smallest absolute Gasteiger partial charge is 0.336 e. The molecule has 146 valence electrons. The predicted molar refractivity (Wildman–Crippen MR) is 100 cm³/mol. The molecular formula is C21H33NO4. The van der Waals surface area contributed by atoms with E-state index in [1.165, 1.54) is 5.57 Å². The molecule has 5 nitrogen and oxygen atoms in total. The summed E-state index contributed by atoms with van der Waals surface area (Å²) in [5.41, 5.74) is 1.48. The van der Waals surface area contributed by atoms with Crippen molar-refractivity contribution in [2.24, 2.45) is 22.7 Å². The Labute approximate surface area is 156 Å². The molecule has 2 saturated carbocycles. The zero-order valence-corrected chi connectivity index (χ0v) is 16.3. The van der Waals surface area contributed by atoms with E-state index in [1.54, 1.807) is 0 Å². The van der Waals surface area contributed by atoms with E-state index >= 15 is 0 Å². The van der Waals surface area contributed by atoms with Crippen molar-refractivity contribution in [2.75, 3.05) is 20.2 Å². The van der Waals surface area contributed by atoms with Crippen LogP contribution < -0.4 is 5.32 Å². The van der Waals surface area contributed by atoms with Gasteiger partial charge in [0.2, 0.25) is 0 Å². The molecule has 3 N–H and O–H groups in total. The lowest BCUT2D eigenvalue weighted by Crippen LogP contribution is -2.58. The summed E-state index contributed by atoms with van der Waals surface area (Å²) in [5.74, 6) is 0.235. The fourth-order valence-corrected chi connectivity index (χ4v) is 5.97. The molecule has 5 heteroatoms. The number of aliphatic hydroxyl groups is 2. The fraction of sp³-hybridized carbons (Fsp3) is 0.762. The normalized spacial score (nSPS) is 44.9. The van der Waals surface area contributed by atoms with Gasteiger partial charge in [-0.15, -0.1) is 0 Å². The second kappa shape index (κ2) is 7.10. The zero-order valence-electron chi connectivity index (χ0n) is 16.3. The Balaban J connectivity index is 1.89. The van der Waals surface area contributed by atoms with E-state index in [1.807, 2.05) is 13.1 Å². The van der Waals surface area contributed by atoms with E-state index in [0.29, 0.717) is 17.9 Å². The van der Waals surface area contributed by atoms with E-state index in [-0.39, 0.29) is 29.5 Å². The third-order valence-electron chi connectivity index (χ3n) is 7.45. The standard InChI is InChI=1S/C21H33NO4/c1-13-5-8-17-20(2,10-9-18(24)21(17,3)12-22-4)15(13)7-6-14-16(23)11-26-19(14)25/h6,15-18,22-24H,1,5,7-12H2,2-4H3/b14-6+/t15-,16-,17?,18-,20-,21+/m1/s1. The third kappa shape index (κ3) is 3.04. The molecule has 1 heterocycles. The molecule has 1 unspecified atom stereocenters. The molecule has 3 fully saturated rings. The number of cyclic esters (lactones) is 1. The van der Waals surface area contributed by atoms with Gasteiger partial charge in [0.1, 0.15) is 12.7 Å². The van der Waals surface area contributed by atoms with Crippen LogP contribution >= 0.6 is 0 Å². The lowest BCUT2D eigenvalue weighted by molar-refractivity contribution is -0.135. The van der Waals surface area contributed by atoms with Crippen LogP contribution in [-0.4, -0.2) is 48.6 Å². The van der Waals surface area contributed by atoms with Gasteiger partial charge in [-0.3, -0.25) is 0 Å². The number of aliphatic hydroxyl groups excluding tert-OH is 2. The van der Waals surface area contributed by atoms with Gasteiger partial charge in [0.15, 0.2) is 0 Å². The second-order valence-electron chi connectivity index (χ2n) is 8.91. The highest BCUT2D eigenvalue weighted by Crippen LogP contribution is 2.61. The molecule has 3 rings (SSSR count). The van der Waals surface area contributed by atoms with Crippen LogP contribution in [0.4, 0.5) is 0 Å². The second-order valence-corrected chi connectivity index (χ2v) is 8.91. The van der Waals surface area contributed by atoms with Crippen molar-refractivity contribution in [3.8, 4) is 0 Å². The Morgan fingerprint density at radius 2 is 2.08 bits per heavy atom. The molecular weight excluding hydrogens is 330 g/mol. The van der Waals surface area contributed by atoms with Gasteiger partial charge in [-0.1, -0.05) is 32.1 Å². The summed E-state index contributed by atoms with van der Waals surface area (Å²) in [6, 6.07) is 0. The molecule has 0 bridgehead atoms. The first-order chi connectivity index (χ1) is 12.2. The number of carbonyl (C=O) groups excluding carboxylic acids is 1. The Kier molecular flexibility index (Phi) is 5.35. The number of ether oxygens (including phenoxy) is 1. The summed E-state index contributed by atoms with van der Waals surface area (Å²) >= 11 is 0. The van der Waals surface area contributed by atoms with E-state index < -0.39 is 12.1 Å². The van der Waals surface area contributed by atoms with Crippen LogP contribution in [-0.2, 0) is 9.53 Å². The third-order valence-corrected chi connectivity index (χ3v) is 7.45. The van der Waals surface area contributed by atoms with Crippen LogP contribution in [0, 0.1) is 22.7 Å². The molecule has 6 atom stereocenters. The molecule has 3 aliphatic rings. The Bertz CT molecular complexity index is 615. The molecule has 1 aliphatic heterocycles. The van der Waals surface area contributed by atoms with Crippen molar-refractivity contribution in [2.45, 2.75) is 58.2 Å². The maximum Gasteiger partial charge on any atom is 0.336 e. The van der Waals surface area contributed by atoms with Crippen LogP contribution in [0.25, 0.3) is 0 Å². The van der Waals surface area contributed by atoms with E-state index in [4.69, 9.17) is 4.74 Å². The summed E-state index contributed by atoms with van der Waals surface area (Å²) in [6.07, 6.45) is 5.18. The highest BCUT2D eigenvalue weighted by atomic mass is 16.6. The quantitative estimate of drug-likeness (QED) is 0.405. The molecule has 0 spiro atoms. The van der Waals surface area contributed by atoms with Crippen LogP contribution in [0.2, 0.25) is 0 Å². The van der Waals surface area contributed by atoms with Crippen LogP contribution in [0.15, 0.2) is 23.8 Å². The van der Waals surface area contributed by atoms with Crippen molar-refractivity contribution < 1.29 is 19.7 Å². The molecule has 0 radical (unpaired) electrons. The number of nitrogens with one attached hydrogen (secondary N) is 1. The lowest BCUT2D eigenvalue weighted by Gasteiger charge is -2.60. The number of carbonyl (C=O) groups is 1. The van der Waals surface area contributed by atoms with Crippen molar-refractivity contribution in [3.05, 3.63) is 23.8 Å². The Hall–Kier alpha value is -1.17. The first-order valence-electron chi connectivity index (χ1n) is 9.79. The fourth-order valence-electron chi connectivity index (χ4n) is 5.97. The number of esters is 1. The van der Waals surface area contributed by atoms with Crippen molar-refractivity contribution in [1.29, 1.82) is 0 Å². The average Bonchev–Trinajstić information content (AvgIpc) is 2.90. The van der Waals surface area contributed by atoms with Gasteiger partial charge < -0.3 is 20.3 Å². The Morgan fingerprint density at radius 3 is 2.69 bits per heavy atom. The predicted octanol–water partition coefficient (Wildman–Crippen LogP) is 2.19. The van der Waals surface area contributed by atoms with Gasteiger partial charge in [0.05, 0.1) is 11.7 Å². The van der Waals surface area contributed by atoms with Gasteiger partial charge in [0.25, 0.3) is 0 Å². The van der Waals surface area contributed by atoms with Gasteiger partial charge >= 0.3 is 5.97 Å². The maximum atomic E-state index is 11.8. The van der Waals surface area contributed by atoms with E-state index in [0.717, 1.165) is 32.2 Å². The summed E-state index contributed by atoms with van der Waals surface area (Å²) in [4.78, 5) is 11.8. The van der Waals surface area contributed by atoms with Crippen molar-refractivity contribution in [1.82, 2.24) is 5.32 Å². The molecule has 0 aromatic carbocycles. The summed E-state index contributed by atoms with van der Waals surface area (Å²) < 4.78 is 4.93. The number of hydrogen-bond donors (Lipinski definition) is 3. The molecule has 2 aliphatic carbocycles. The van der Waals surface area contributed by atoms with Crippen LogP contribution in [0.3, 0.4) is 0 Å². The van der Waals surface area contributed by atoms with Gasteiger partial charge in [-0.05, 0) is 56.4 Å². The molecule has 1 saturated heterocycles. The number of rotatable bonds is 4. The van der Waals surface area contributed by atoms with E-state index in [9.17, 15) is 15.0 Å². The average molecular weight is 363 g/mol. The lowest BCUT2D eigenvalue weighted by atomic mass is 9.46. The number of fused-ring (bicyclic) bond motifs is 1. The minimum absolute atomic E-state index is 0.0324. The van der Waals surface area contributed by atoms with Crippen molar-refractivity contribution in [3.63, 3.8) is 0 Å². The topological polar surface area (TPSA) is 78.8 Å². The highest BCUT2D eigenvalue weighted by Gasteiger charge is 2.57. The first kappa shape index (κ1) is 19.6. The summed E-state index contributed by atoms with van der Waals surface area (Å²) in [6.45, 7) is 9.73. The monoisotopic (exact) mass is 363 g/mol. The molecule has 0 aromatic rings. The highest BCUT2D eigenvalue weighted by molar-refractivity contribution is 5.91. The minimum Gasteiger partial charge on any atom is -0.459 e. The molecule has 0 amide bonds. The minimum atomic E-state index is -0.814. The maximum absolute atomic E-state index is 11.8. The van der Waals surface area contributed by atoms with Gasteiger partial charge in [-0.25, -0.2) is 4.79 Å². The van der Waals surface area contributed by atoms with Crippen LogP contribution in [0.1, 0.15) is 46.0 Å². The number of allylic oxidation sites excluding steroid dienone is 2. The van der Waals surface area contributed by atoms with Gasteiger partial charge in [0, 0.05) is 12.0 Å². The molecule has 26 heavy (non-hydrogen) atoms. The molecule has 0 aromatic heterocycles.